The average Bonchev–Trinajstić information content (AvgIpc) is 2.19. The molecular weight excluding hydrogens is 190 g/mol. The number of nitrogens with zero attached hydrogens (tertiary/aromatic N) is 1. The van der Waals surface area contributed by atoms with Gasteiger partial charge < -0.3 is 5.11 Å². The SMILES string of the molecule is CC=CCC(C#N)(C(=O)O)C(C)C=CC. The Morgan fingerprint density at radius 1 is 1.53 bits per heavy atom. The Labute approximate surface area is 90.7 Å². The third-order valence-electron chi connectivity index (χ3n) is 2.52. The number of carboxylic acids is 1. The van der Waals surface area contributed by atoms with Crippen LogP contribution in [0.1, 0.15) is 27.2 Å². The van der Waals surface area contributed by atoms with Gasteiger partial charge in [-0.2, -0.15) is 5.26 Å². The van der Waals surface area contributed by atoms with Crippen molar-refractivity contribution in [1.82, 2.24) is 0 Å². The zero-order valence-electron chi connectivity index (χ0n) is 9.40. The molecule has 82 valence electrons. The van der Waals surface area contributed by atoms with E-state index in [9.17, 15) is 4.79 Å². The molecule has 0 bridgehead atoms. The molecule has 0 fully saturated rings. The molecule has 0 saturated heterocycles. The fourth-order valence-electron chi connectivity index (χ4n) is 1.42. The highest BCUT2D eigenvalue weighted by atomic mass is 16.4. The van der Waals surface area contributed by atoms with Crippen LogP contribution in [-0.4, -0.2) is 11.1 Å². The third-order valence-corrected chi connectivity index (χ3v) is 2.52. The van der Waals surface area contributed by atoms with Gasteiger partial charge in [0, 0.05) is 5.92 Å². The van der Waals surface area contributed by atoms with E-state index in [4.69, 9.17) is 10.4 Å². The van der Waals surface area contributed by atoms with E-state index in [0.29, 0.717) is 0 Å². The van der Waals surface area contributed by atoms with E-state index in [1.54, 1.807) is 31.2 Å². The highest BCUT2D eigenvalue weighted by Gasteiger charge is 2.42. The first-order valence-corrected chi connectivity index (χ1v) is 4.93. The number of nitriles is 1. The Balaban J connectivity index is 5.16. The maximum atomic E-state index is 11.2. The number of rotatable bonds is 5. The van der Waals surface area contributed by atoms with Crippen LogP contribution in [-0.2, 0) is 4.79 Å². The van der Waals surface area contributed by atoms with Crippen molar-refractivity contribution in [2.24, 2.45) is 11.3 Å². The lowest BCUT2D eigenvalue weighted by atomic mass is 9.74. The number of aliphatic carboxylic acids is 1. The minimum absolute atomic E-state index is 0.237. The molecule has 0 radical (unpaired) electrons. The Hall–Kier alpha value is -1.56. The van der Waals surface area contributed by atoms with Crippen LogP contribution in [0.5, 0.6) is 0 Å². The van der Waals surface area contributed by atoms with Crippen molar-refractivity contribution in [1.29, 1.82) is 5.26 Å². The smallest absolute Gasteiger partial charge is 0.324 e. The van der Waals surface area contributed by atoms with Crippen molar-refractivity contribution in [3.63, 3.8) is 0 Å². The van der Waals surface area contributed by atoms with Crippen molar-refractivity contribution in [2.45, 2.75) is 27.2 Å². The highest BCUT2D eigenvalue weighted by Crippen LogP contribution is 2.33. The van der Waals surface area contributed by atoms with Gasteiger partial charge in [-0.1, -0.05) is 31.2 Å². The van der Waals surface area contributed by atoms with Crippen molar-refractivity contribution in [3.05, 3.63) is 24.3 Å². The number of carboxylic acid groups (broad SMARTS) is 1. The van der Waals surface area contributed by atoms with Crippen LogP contribution >= 0.6 is 0 Å². The van der Waals surface area contributed by atoms with Crippen LogP contribution in [0.4, 0.5) is 0 Å². The Morgan fingerprint density at radius 3 is 2.47 bits per heavy atom. The molecule has 0 heterocycles. The van der Waals surface area contributed by atoms with Gasteiger partial charge in [-0.15, -0.1) is 0 Å². The summed E-state index contributed by atoms with van der Waals surface area (Å²) in [6.07, 6.45) is 7.24. The molecule has 0 spiro atoms. The largest absolute Gasteiger partial charge is 0.480 e. The molecular formula is C12H17NO2. The standard InChI is InChI=1S/C12H17NO2/c1-4-6-8-12(9-13,11(14)15)10(3)7-5-2/h4-7,10H,8H2,1-3H3,(H,14,15). The lowest BCUT2D eigenvalue weighted by Crippen LogP contribution is -2.34. The molecule has 15 heavy (non-hydrogen) atoms. The van der Waals surface area contributed by atoms with Gasteiger partial charge in [0.1, 0.15) is 0 Å². The Morgan fingerprint density at radius 2 is 2.13 bits per heavy atom. The summed E-state index contributed by atoms with van der Waals surface area (Å²) in [4.78, 5) is 11.2. The van der Waals surface area contributed by atoms with Gasteiger partial charge in [0.05, 0.1) is 6.07 Å². The summed E-state index contributed by atoms with van der Waals surface area (Å²) in [5.41, 5.74) is -1.35. The van der Waals surface area contributed by atoms with Gasteiger partial charge >= 0.3 is 5.97 Å². The van der Waals surface area contributed by atoms with Gasteiger partial charge in [-0.3, -0.25) is 4.79 Å². The van der Waals surface area contributed by atoms with Gasteiger partial charge in [0.2, 0.25) is 0 Å². The van der Waals surface area contributed by atoms with Crippen molar-refractivity contribution < 1.29 is 9.90 Å². The molecule has 0 saturated carbocycles. The lowest BCUT2D eigenvalue weighted by Gasteiger charge is -2.25. The highest BCUT2D eigenvalue weighted by molar-refractivity contribution is 5.79. The molecule has 0 amide bonds. The molecule has 1 N–H and O–H groups in total. The minimum atomic E-state index is -1.35. The van der Waals surface area contributed by atoms with Gasteiger partial charge in [0.25, 0.3) is 0 Å². The fourth-order valence-corrected chi connectivity index (χ4v) is 1.42. The second kappa shape index (κ2) is 6.02. The fraction of sp³-hybridized carbons (Fsp3) is 0.500. The zero-order chi connectivity index (χ0) is 11.9. The van der Waals surface area contributed by atoms with Gasteiger partial charge in [-0.25, -0.2) is 0 Å². The summed E-state index contributed by atoms with van der Waals surface area (Å²) in [6.45, 7) is 5.38. The summed E-state index contributed by atoms with van der Waals surface area (Å²) in [5.74, 6) is -1.37. The lowest BCUT2D eigenvalue weighted by molar-refractivity contribution is -0.147. The summed E-state index contributed by atoms with van der Waals surface area (Å²) < 4.78 is 0. The Kier molecular flexibility index (Phi) is 5.40. The van der Waals surface area contributed by atoms with Crippen LogP contribution in [0, 0.1) is 22.7 Å². The summed E-state index contributed by atoms with van der Waals surface area (Å²) in [6, 6.07) is 1.93. The van der Waals surface area contributed by atoms with E-state index in [-0.39, 0.29) is 12.3 Å². The molecule has 0 aliphatic rings. The van der Waals surface area contributed by atoms with Gasteiger partial charge in [0.15, 0.2) is 5.41 Å². The molecule has 3 heteroatoms. The molecule has 2 unspecified atom stereocenters. The van der Waals surface area contributed by atoms with E-state index in [1.807, 2.05) is 19.9 Å². The predicted octanol–water partition coefficient (Wildman–Crippen LogP) is 2.76. The first-order valence-electron chi connectivity index (χ1n) is 4.93. The van der Waals surface area contributed by atoms with Crippen molar-refractivity contribution >= 4 is 5.97 Å². The van der Waals surface area contributed by atoms with E-state index in [1.165, 1.54) is 0 Å². The quantitative estimate of drug-likeness (QED) is 0.705. The molecule has 0 aromatic heterocycles. The molecule has 0 aliphatic heterocycles. The number of hydrogen-bond acceptors (Lipinski definition) is 2. The van der Waals surface area contributed by atoms with E-state index >= 15 is 0 Å². The van der Waals surface area contributed by atoms with Crippen LogP contribution < -0.4 is 0 Å². The Bertz CT molecular complexity index is 312. The van der Waals surface area contributed by atoms with E-state index in [0.717, 1.165) is 0 Å². The topological polar surface area (TPSA) is 61.1 Å². The van der Waals surface area contributed by atoms with E-state index < -0.39 is 11.4 Å². The molecule has 3 nitrogen and oxygen atoms in total. The molecule has 0 aromatic carbocycles. The molecule has 0 aromatic rings. The predicted molar refractivity (Wildman–Crippen MR) is 59.1 cm³/mol. The third kappa shape index (κ3) is 2.95. The maximum absolute atomic E-state index is 11.2. The van der Waals surface area contributed by atoms with Crippen LogP contribution in [0.2, 0.25) is 0 Å². The second-order valence-electron chi connectivity index (χ2n) is 3.48. The first kappa shape index (κ1) is 13.4. The maximum Gasteiger partial charge on any atom is 0.324 e. The number of carbonyl (C=O) groups is 1. The van der Waals surface area contributed by atoms with Crippen molar-refractivity contribution in [3.8, 4) is 6.07 Å². The van der Waals surface area contributed by atoms with E-state index in [2.05, 4.69) is 0 Å². The molecule has 0 aliphatic carbocycles. The average molecular weight is 207 g/mol. The van der Waals surface area contributed by atoms with Gasteiger partial charge in [-0.05, 0) is 20.3 Å². The summed E-state index contributed by atoms with van der Waals surface area (Å²) in [5, 5.41) is 18.2. The minimum Gasteiger partial charge on any atom is -0.480 e. The summed E-state index contributed by atoms with van der Waals surface area (Å²) >= 11 is 0. The number of allylic oxidation sites excluding steroid dienone is 4. The molecule has 2 atom stereocenters. The van der Waals surface area contributed by atoms with Crippen LogP contribution in [0.3, 0.4) is 0 Å². The van der Waals surface area contributed by atoms with Crippen LogP contribution in [0.15, 0.2) is 24.3 Å². The first-order chi connectivity index (χ1) is 7.05. The van der Waals surface area contributed by atoms with Crippen molar-refractivity contribution in [2.75, 3.05) is 0 Å². The van der Waals surface area contributed by atoms with Crippen LogP contribution in [0.25, 0.3) is 0 Å². The number of hydrogen-bond donors (Lipinski definition) is 1. The molecule has 0 rings (SSSR count). The zero-order valence-corrected chi connectivity index (χ0v) is 9.40. The second-order valence-corrected chi connectivity index (χ2v) is 3.48. The normalized spacial score (nSPS) is 17.5. The summed E-state index contributed by atoms with van der Waals surface area (Å²) in [7, 11) is 0. The monoisotopic (exact) mass is 207 g/mol.